The number of nitrogens with one attached hydrogen (secondary N) is 1. The van der Waals surface area contributed by atoms with Crippen LogP contribution < -0.4 is 5.73 Å². The van der Waals surface area contributed by atoms with Gasteiger partial charge in [-0.15, -0.1) is 0 Å². The van der Waals surface area contributed by atoms with Crippen LogP contribution in [0.5, 0.6) is 0 Å². The molecule has 0 saturated heterocycles. The lowest BCUT2D eigenvalue weighted by atomic mass is 10.00. The lowest BCUT2D eigenvalue weighted by Gasteiger charge is -2.05. The largest absolute Gasteiger partial charge is 0.398 e. The van der Waals surface area contributed by atoms with Gasteiger partial charge in [0.2, 0.25) is 0 Å². The summed E-state index contributed by atoms with van der Waals surface area (Å²) in [5, 5.41) is 0.813. The van der Waals surface area contributed by atoms with Gasteiger partial charge in [0.15, 0.2) is 5.78 Å². The predicted molar refractivity (Wildman–Crippen MR) is 75.1 cm³/mol. The molecule has 0 aliphatic carbocycles. The molecular formula is C15H13N3O. The van der Waals surface area contributed by atoms with E-state index in [9.17, 15) is 4.79 Å². The number of aromatic nitrogens is 2. The molecule has 0 bridgehead atoms. The summed E-state index contributed by atoms with van der Waals surface area (Å²) in [6.07, 6.45) is 5.08. The van der Waals surface area contributed by atoms with Gasteiger partial charge in [0, 0.05) is 46.3 Å². The van der Waals surface area contributed by atoms with Gasteiger partial charge in [-0.2, -0.15) is 0 Å². The molecule has 0 unspecified atom stereocenters. The van der Waals surface area contributed by atoms with Gasteiger partial charge >= 0.3 is 0 Å². The zero-order valence-corrected chi connectivity index (χ0v) is 10.5. The van der Waals surface area contributed by atoms with Crippen LogP contribution in [0.4, 0.5) is 5.69 Å². The Morgan fingerprint density at radius 2 is 2.11 bits per heavy atom. The lowest BCUT2D eigenvalue weighted by Crippen LogP contribution is -2.05. The fourth-order valence-corrected chi connectivity index (χ4v) is 2.16. The standard InChI is InChI=1S/C15H13N3O/c1-9-2-3-13(16)10(6-9)15(19)12-8-18-14-4-5-17-7-11(12)14/h2-8,18H,16H2,1H3. The van der Waals surface area contributed by atoms with Gasteiger partial charge in [-0.05, 0) is 25.1 Å². The number of rotatable bonds is 2. The molecule has 0 atom stereocenters. The number of benzene rings is 1. The maximum Gasteiger partial charge on any atom is 0.197 e. The van der Waals surface area contributed by atoms with Crippen molar-refractivity contribution in [2.45, 2.75) is 6.92 Å². The topological polar surface area (TPSA) is 71.8 Å². The van der Waals surface area contributed by atoms with Gasteiger partial charge in [0.05, 0.1) is 0 Å². The first kappa shape index (κ1) is 11.5. The Kier molecular flexibility index (Phi) is 2.56. The maximum absolute atomic E-state index is 12.6. The fourth-order valence-electron chi connectivity index (χ4n) is 2.16. The molecule has 3 rings (SSSR count). The van der Waals surface area contributed by atoms with Gasteiger partial charge in [0.1, 0.15) is 0 Å². The maximum atomic E-state index is 12.6. The van der Waals surface area contributed by atoms with Crippen molar-refractivity contribution in [3.8, 4) is 0 Å². The van der Waals surface area contributed by atoms with Gasteiger partial charge in [-0.25, -0.2) is 0 Å². The Morgan fingerprint density at radius 1 is 1.26 bits per heavy atom. The molecule has 0 fully saturated rings. The van der Waals surface area contributed by atoms with E-state index in [0.717, 1.165) is 16.5 Å². The molecule has 94 valence electrons. The number of H-pyrrole nitrogens is 1. The van der Waals surface area contributed by atoms with Crippen molar-refractivity contribution >= 4 is 22.4 Å². The molecule has 4 nitrogen and oxygen atoms in total. The molecule has 0 amide bonds. The van der Waals surface area contributed by atoms with Crippen LogP contribution in [0.1, 0.15) is 21.5 Å². The summed E-state index contributed by atoms with van der Waals surface area (Å²) in [6, 6.07) is 7.30. The Balaban J connectivity index is 2.16. The van der Waals surface area contributed by atoms with Crippen LogP contribution in [-0.4, -0.2) is 15.8 Å². The highest BCUT2D eigenvalue weighted by molar-refractivity contribution is 6.18. The minimum absolute atomic E-state index is 0.0829. The average Bonchev–Trinajstić information content (AvgIpc) is 2.84. The monoisotopic (exact) mass is 251 g/mol. The lowest BCUT2D eigenvalue weighted by molar-refractivity contribution is 0.104. The zero-order chi connectivity index (χ0) is 13.4. The summed E-state index contributed by atoms with van der Waals surface area (Å²) in [5.41, 5.74) is 9.42. The molecule has 0 radical (unpaired) electrons. The van der Waals surface area contributed by atoms with Gasteiger partial charge < -0.3 is 10.7 Å². The quantitative estimate of drug-likeness (QED) is 0.543. The number of fused-ring (bicyclic) bond motifs is 1. The summed E-state index contributed by atoms with van der Waals surface area (Å²) in [5.74, 6) is -0.0829. The second kappa shape index (κ2) is 4.24. The predicted octanol–water partition coefficient (Wildman–Crippen LogP) is 2.68. The van der Waals surface area contributed by atoms with Crippen molar-refractivity contribution in [1.82, 2.24) is 9.97 Å². The van der Waals surface area contributed by atoms with E-state index in [-0.39, 0.29) is 5.78 Å². The number of carbonyl (C=O) groups is 1. The highest BCUT2D eigenvalue weighted by Crippen LogP contribution is 2.23. The highest BCUT2D eigenvalue weighted by Gasteiger charge is 2.16. The number of nitrogens with two attached hydrogens (primary N) is 1. The van der Waals surface area contributed by atoms with E-state index in [0.29, 0.717) is 16.8 Å². The number of aryl methyl sites for hydroxylation is 1. The number of aromatic amines is 1. The van der Waals surface area contributed by atoms with E-state index in [1.54, 1.807) is 24.7 Å². The van der Waals surface area contributed by atoms with Crippen molar-refractivity contribution < 1.29 is 4.79 Å². The number of nitrogens with zero attached hydrogens (tertiary/aromatic N) is 1. The number of hydrogen-bond acceptors (Lipinski definition) is 3. The summed E-state index contributed by atoms with van der Waals surface area (Å²) in [4.78, 5) is 19.7. The van der Waals surface area contributed by atoms with Crippen molar-refractivity contribution in [1.29, 1.82) is 0 Å². The summed E-state index contributed by atoms with van der Waals surface area (Å²) < 4.78 is 0. The molecule has 0 aliphatic rings. The minimum Gasteiger partial charge on any atom is -0.398 e. The van der Waals surface area contributed by atoms with Crippen molar-refractivity contribution in [2.24, 2.45) is 0 Å². The minimum atomic E-state index is -0.0829. The van der Waals surface area contributed by atoms with E-state index in [1.165, 1.54) is 0 Å². The molecular weight excluding hydrogens is 238 g/mol. The number of carbonyl (C=O) groups excluding carboxylic acids is 1. The third kappa shape index (κ3) is 1.87. The first-order valence-corrected chi connectivity index (χ1v) is 5.99. The summed E-state index contributed by atoms with van der Waals surface area (Å²) in [6.45, 7) is 1.94. The third-order valence-electron chi connectivity index (χ3n) is 3.18. The second-order valence-corrected chi connectivity index (χ2v) is 4.54. The molecule has 0 saturated carbocycles. The molecule has 3 aromatic rings. The molecule has 0 spiro atoms. The molecule has 4 heteroatoms. The Morgan fingerprint density at radius 3 is 2.95 bits per heavy atom. The summed E-state index contributed by atoms with van der Waals surface area (Å²) >= 11 is 0. The molecule has 1 aromatic carbocycles. The van der Waals surface area contributed by atoms with Crippen LogP contribution in [0.25, 0.3) is 10.9 Å². The van der Waals surface area contributed by atoms with E-state index >= 15 is 0 Å². The van der Waals surface area contributed by atoms with Crippen molar-refractivity contribution in [2.75, 3.05) is 5.73 Å². The van der Waals surface area contributed by atoms with E-state index in [1.807, 2.05) is 25.1 Å². The van der Waals surface area contributed by atoms with Crippen LogP contribution >= 0.6 is 0 Å². The number of anilines is 1. The van der Waals surface area contributed by atoms with Crippen molar-refractivity contribution in [3.05, 3.63) is 59.5 Å². The van der Waals surface area contributed by atoms with Crippen LogP contribution in [-0.2, 0) is 0 Å². The van der Waals surface area contributed by atoms with Crippen molar-refractivity contribution in [3.63, 3.8) is 0 Å². The van der Waals surface area contributed by atoms with Crippen LogP contribution in [0.2, 0.25) is 0 Å². The zero-order valence-electron chi connectivity index (χ0n) is 10.5. The first-order valence-electron chi connectivity index (χ1n) is 5.99. The normalized spacial score (nSPS) is 10.8. The molecule has 0 aliphatic heterocycles. The Labute approximate surface area is 110 Å². The van der Waals surface area contributed by atoms with E-state index in [2.05, 4.69) is 9.97 Å². The molecule has 2 aromatic heterocycles. The van der Waals surface area contributed by atoms with Crippen LogP contribution in [0.3, 0.4) is 0 Å². The van der Waals surface area contributed by atoms with E-state index in [4.69, 9.17) is 5.73 Å². The van der Waals surface area contributed by atoms with E-state index < -0.39 is 0 Å². The molecule has 2 heterocycles. The first-order chi connectivity index (χ1) is 9.16. The molecule has 19 heavy (non-hydrogen) atoms. The highest BCUT2D eigenvalue weighted by atomic mass is 16.1. The van der Waals surface area contributed by atoms with Gasteiger partial charge in [-0.3, -0.25) is 9.78 Å². The molecule has 3 N–H and O–H groups in total. The summed E-state index contributed by atoms with van der Waals surface area (Å²) in [7, 11) is 0. The van der Waals surface area contributed by atoms with Crippen LogP contribution in [0.15, 0.2) is 42.9 Å². The second-order valence-electron chi connectivity index (χ2n) is 4.54. The van der Waals surface area contributed by atoms with Gasteiger partial charge in [0.25, 0.3) is 0 Å². The number of nitrogen functional groups attached to an aromatic ring is 1. The van der Waals surface area contributed by atoms with Gasteiger partial charge in [-0.1, -0.05) is 11.6 Å². The third-order valence-corrected chi connectivity index (χ3v) is 3.18. The smallest absolute Gasteiger partial charge is 0.197 e. The Hall–Kier alpha value is -2.62. The SMILES string of the molecule is Cc1ccc(N)c(C(=O)c2c[nH]c3ccncc23)c1. The average molecular weight is 251 g/mol. The number of ketones is 1. The van der Waals surface area contributed by atoms with Crippen LogP contribution in [0, 0.1) is 6.92 Å². The number of pyridine rings is 1. The number of hydrogen-bond donors (Lipinski definition) is 2. The Bertz CT molecular complexity index is 774. The fraction of sp³-hybridized carbons (Fsp3) is 0.0667.